The number of carbonyl (C=O) groups excluding carboxylic acids is 2. The highest BCUT2D eigenvalue weighted by molar-refractivity contribution is 6.00. The number of allylic oxidation sites excluding steroid dienone is 1. The average Bonchev–Trinajstić information content (AvgIpc) is 2.90. The zero-order valence-electron chi connectivity index (χ0n) is 20.8. The quantitative estimate of drug-likeness (QED) is 0.121. The Morgan fingerprint density at radius 2 is 1.59 bits per heavy atom. The van der Waals surface area contributed by atoms with Crippen molar-refractivity contribution in [2.24, 2.45) is 5.41 Å². The molecule has 190 valence electrons. The van der Waals surface area contributed by atoms with Gasteiger partial charge in [0, 0.05) is 27.8 Å². The van der Waals surface area contributed by atoms with E-state index in [2.05, 4.69) is 5.32 Å². The molecule has 4 rings (SSSR count). The maximum absolute atomic E-state index is 13.3. The summed E-state index contributed by atoms with van der Waals surface area (Å²) >= 11 is 0. The van der Waals surface area contributed by atoms with Crippen molar-refractivity contribution in [3.63, 3.8) is 0 Å². The number of hydrogen-bond acceptors (Lipinski definition) is 5. The van der Waals surface area contributed by atoms with Gasteiger partial charge in [-0.15, -0.1) is 0 Å². The number of ether oxygens (including phenoxy) is 1. The van der Waals surface area contributed by atoms with Crippen LogP contribution < -0.4 is 10.8 Å². The first kappa shape index (κ1) is 25.7. The SMILES string of the molecule is CC(C)(CC/C=C/C(=O)NO)[C@H](OC(=O)Nc1cccc2ccccc12)c1ccc(O)c2ccccc12. The molecule has 0 radical (unpaired) electrons. The second kappa shape index (κ2) is 11.1. The van der Waals surface area contributed by atoms with Gasteiger partial charge in [0.25, 0.3) is 5.91 Å². The molecule has 0 saturated heterocycles. The van der Waals surface area contributed by atoms with Crippen molar-refractivity contribution < 1.29 is 24.6 Å². The molecule has 0 aromatic heterocycles. The lowest BCUT2D eigenvalue weighted by molar-refractivity contribution is -0.124. The molecule has 2 amide bonds. The predicted octanol–water partition coefficient (Wildman–Crippen LogP) is 6.86. The molecule has 0 aliphatic rings. The molecule has 0 spiro atoms. The lowest BCUT2D eigenvalue weighted by atomic mass is 9.77. The third kappa shape index (κ3) is 5.90. The average molecular weight is 499 g/mol. The molecule has 4 N–H and O–H groups in total. The summed E-state index contributed by atoms with van der Waals surface area (Å²) < 4.78 is 6.13. The molecule has 7 nitrogen and oxygen atoms in total. The lowest BCUT2D eigenvalue weighted by Gasteiger charge is -2.35. The highest BCUT2D eigenvalue weighted by Crippen LogP contribution is 2.44. The summed E-state index contributed by atoms with van der Waals surface area (Å²) in [5.41, 5.74) is 2.43. The number of carbonyl (C=O) groups is 2. The maximum atomic E-state index is 13.3. The summed E-state index contributed by atoms with van der Waals surface area (Å²) in [6, 6.07) is 24.3. The van der Waals surface area contributed by atoms with Crippen LogP contribution in [0, 0.1) is 5.41 Å². The fourth-order valence-electron chi connectivity index (χ4n) is 4.57. The number of phenols is 1. The molecular formula is C30H30N2O5. The molecule has 0 heterocycles. The maximum Gasteiger partial charge on any atom is 0.412 e. The van der Waals surface area contributed by atoms with Gasteiger partial charge in [0.1, 0.15) is 11.9 Å². The van der Waals surface area contributed by atoms with Crippen molar-refractivity contribution in [3.05, 3.63) is 96.6 Å². The van der Waals surface area contributed by atoms with Gasteiger partial charge in [-0.2, -0.15) is 0 Å². The Morgan fingerprint density at radius 1 is 0.919 bits per heavy atom. The minimum absolute atomic E-state index is 0.147. The van der Waals surface area contributed by atoms with Crippen molar-refractivity contribution in [2.75, 3.05) is 5.32 Å². The largest absolute Gasteiger partial charge is 0.507 e. The van der Waals surface area contributed by atoms with Gasteiger partial charge in [0.05, 0.1) is 5.69 Å². The third-order valence-corrected chi connectivity index (χ3v) is 6.51. The fraction of sp³-hybridized carbons (Fsp3) is 0.200. The molecule has 4 aromatic carbocycles. The van der Waals surface area contributed by atoms with Gasteiger partial charge < -0.3 is 9.84 Å². The molecule has 1 atom stereocenters. The Hall–Kier alpha value is -4.36. The number of phenolic OH excluding ortho intramolecular Hbond substituents is 1. The van der Waals surface area contributed by atoms with Crippen molar-refractivity contribution in [1.82, 2.24) is 5.48 Å². The van der Waals surface area contributed by atoms with Gasteiger partial charge in [-0.1, -0.05) is 86.7 Å². The van der Waals surface area contributed by atoms with E-state index in [0.29, 0.717) is 23.9 Å². The number of anilines is 1. The van der Waals surface area contributed by atoms with Crippen LogP contribution in [-0.4, -0.2) is 22.3 Å². The number of hydroxylamine groups is 1. The van der Waals surface area contributed by atoms with Crippen LogP contribution in [0.5, 0.6) is 5.75 Å². The molecule has 0 unspecified atom stereocenters. The number of amides is 2. The van der Waals surface area contributed by atoms with Crippen LogP contribution in [0.1, 0.15) is 38.4 Å². The zero-order valence-corrected chi connectivity index (χ0v) is 20.8. The molecule has 0 aliphatic carbocycles. The molecule has 37 heavy (non-hydrogen) atoms. The van der Waals surface area contributed by atoms with E-state index in [0.717, 1.165) is 21.7 Å². The molecule has 0 fully saturated rings. The van der Waals surface area contributed by atoms with Crippen LogP contribution in [-0.2, 0) is 9.53 Å². The Balaban J connectivity index is 1.67. The normalized spacial score (nSPS) is 12.5. The monoisotopic (exact) mass is 498 g/mol. The minimum Gasteiger partial charge on any atom is -0.507 e. The van der Waals surface area contributed by atoms with Gasteiger partial charge >= 0.3 is 6.09 Å². The predicted molar refractivity (Wildman–Crippen MR) is 144 cm³/mol. The zero-order chi connectivity index (χ0) is 26.4. The van der Waals surface area contributed by atoms with Crippen LogP contribution in [0.4, 0.5) is 10.5 Å². The van der Waals surface area contributed by atoms with Crippen LogP contribution >= 0.6 is 0 Å². The van der Waals surface area contributed by atoms with E-state index in [1.807, 2.05) is 80.6 Å². The summed E-state index contributed by atoms with van der Waals surface area (Å²) in [7, 11) is 0. The Labute approximate surface area is 215 Å². The van der Waals surface area contributed by atoms with E-state index in [-0.39, 0.29) is 5.75 Å². The summed E-state index contributed by atoms with van der Waals surface area (Å²) in [5.74, 6) is -0.460. The minimum atomic E-state index is -0.673. The van der Waals surface area contributed by atoms with Crippen molar-refractivity contribution >= 4 is 39.2 Å². The van der Waals surface area contributed by atoms with Crippen LogP contribution in [0.3, 0.4) is 0 Å². The van der Waals surface area contributed by atoms with Crippen molar-refractivity contribution in [1.29, 1.82) is 0 Å². The molecular weight excluding hydrogens is 468 g/mol. The second-order valence-corrected chi connectivity index (χ2v) is 9.56. The van der Waals surface area contributed by atoms with Crippen molar-refractivity contribution in [3.8, 4) is 5.75 Å². The van der Waals surface area contributed by atoms with E-state index in [1.165, 1.54) is 6.08 Å². The number of aromatic hydroxyl groups is 1. The second-order valence-electron chi connectivity index (χ2n) is 9.56. The number of nitrogens with one attached hydrogen (secondary N) is 2. The van der Waals surface area contributed by atoms with E-state index in [1.54, 1.807) is 23.7 Å². The third-order valence-electron chi connectivity index (χ3n) is 6.51. The van der Waals surface area contributed by atoms with Crippen LogP contribution in [0.25, 0.3) is 21.5 Å². The van der Waals surface area contributed by atoms with Gasteiger partial charge in [0.2, 0.25) is 0 Å². The Bertz CT molecular complexity index is 1460. The van der Waals surface area contributed by atoms with Crippen LogP contribution in [0.2, 0.25) is 0 Å². The first-order chi connectivity index (χ1) is 17.8. The molecule has 7 heteroatoms. The Kier molecular flexibility index (Phi) is 7.74. The molecule has 0 saturated carbocycles. The number of benzene rings is 4. The fourth-order valence-corrected chi connectivity index (χ4v) is 4.57. The number of rotatable bonds is 8. The molecule has 4 aromatic rings. The molecule has 0 aliphatic heterocycles. The summed E-state index contributed by atoms with van der Waals surface area (Å²) in [6.07, 6.45) is 2.74. The standard InChI is InChI=1S/C30H30N2O5/c1-30(2,19-8-7-16-27(34)32-36)28(24-17-18-26(33)23-14-6-5-13-22(23)24)37-29(35)31-25-15-9-11-20-10-3-4-12-21(20)25/h3-7,9-18,28,33,36H,8,19H2,1-2H3,(H,31,35)(H,32,34)/b16-7+/t28-/m1/s1. The Morgan fingerprint density at radius 3 is 2.35 bits per heavy atom. The van der Waals surface area contributed by atoms with Crippen molar-refractivity contribution in [2.45, 2.75) is 32.8 Å². The summed E-state index contributed by atoms with van der Waals surface area (Å²) in [6.45, 7) is 3.98. The smallest absolute Gasteiger partial charge is 0.412 e. The van der Waals surface area contributed by atoms with E-state index < -0.39 is 23.5 Å². The molecule has 0 bridgehead atoms. The summed E-state index contributed by atoms with van der Waals surface area (Å²) in [4.78, 5) is 24.6. The van der Waals surface area contributed by atoms with E-state index in [4.69, 9.17) is 9.94 Å². The highest BCUT2D eigenvalue weighted by atomic mass is 16.6. The topological polar surface area (TPSA) is 108 Å². The van der Waals surface area contributed by atoms with Crippen LogP contribution in [0.15, 0.2) is 91.0 Å². The van der Waals surface area contributed by atoms with E-state index >= 15 is 0 Å². The van der Waals surface area contributed by atoms with Gasteiger partial charge in [-0.25, -0.2) is 10.3 Å². The highest BCUT2D eigenvalue weighted by Gasteiger charge is 2.35. The summed E-state index contributed by atoms with van der Waals surface area (Å²) in [5, 5.41) is 25.4. The van der Waals surface area contributed by atoms with E-state index in [9.17, 15) is 14.7 Å². The lowest BCUT2D eigenvalue weighted by Crippen LogP contribution is -2.29. The van der Waals surface area contributed by atoms with Gasteiger partial charge in [-0.3, -0.25) is 15.3 Å². The number of hydrogen-bond donors (Lipinski definition) is 4. The van der Waals surface area contributed by atoms with Gasteiger partial charge in [-0.05, 0) is 35.7 Å². The first-order valence-electron chi connectivity index (χ1n) is 12.1. The van der Waals surface area contributed by atoms with Gasteiger partial charge in [0.15, 0.2) is 0 Å². The first-order valence-corrected chi connectivity index (χ1v) is 12.1. The number of fused-ring (bicyclic) bond motifs is 2.